The Kier molecular flexibility index (Phi) is 3.77. The average molecular weight is 181 g/mol. The smallest absolute Gasteiger partial charge is 0.0687 e. The van der Waals surface area contributed by atoms with E-state index in [4.69, 9.17) is 11.2 Å². The van der Waals surface area contributed by atoms with Gasteiger partial charge in [0, 0.05) is 12.0 Å². The van der Waals surface area contributed by atoms with Crippen LogP contribution in [0.3, 0.4) is 0 Å². The van der Waals surface area contributed by atoms with Gasteiger partial charge in [0.1, 0.15) is 0 Å². The van der Waals surface area contributed by atoms with Gasteiger partial charge in [0.25, 0.3) is 0 Å². The zero-order valence-corrected chi connectivity index (χ0v) is 8.60. The first-order valence-corrected chi connectivity index (χ1v) is 4.97. The molecule has 1 aliphatic rings. The molecule has 0 aromatic heterocycles. The van der Waals surface area contributed by atoms with E-state index < -0.39 is 0 Å². The predicted molar refractivity (Wildman–Crippen MR) is 54.5 cm³/mol. The van der Waals surface area contributed by atoms with Gasteiger partial charge in [0.15, 0.2) is 0 Å². The maximum absolute atomic E-state index is 5.40. The molecule has 0 amide bonds. The van der Waals surface area contributed by atoms with Gasteiger partial charge in [-0.1, -0.05) is 26.2 Å². The Labute approximate surface area is 81.0 Å². The zero-order chi connectivity index (χ0) is 9.73. The molecule has 1 unspecified atom stereocenters. The van der Waals surface area contributed by atoms with Gasteiger partial charge in [-0.25, -0.2) is 0 Å². The molecule has 1 aliphatic heterocycles. The molecular weight excluding hydrogens is 162 g/mol. The van der Waals surface area contributed by atoms with Gasteiger partial charge in [0.05, 0.1) is 19.3 Å². The molecule has 0 aromatic rings. The van der Waals surface area contributed by atoms with Crippen molar-refractivity contribution in [3.05, 3.63) is 0 Å². The van der Waals surface area contributed by atoms with Crippen LogP contribution in [-0.4, -0.2) is 25.8 Å². The van der Waals surface area contributed by atoms with Crippen LogP contribution in [0.25, 0.3) is 0 Å². The van der Waals surface area contributed by atoms with Crippen LogP contribution in [-0.2, 0) is 4.74 Å². The second kappa shape index (κ2) is 4.64. The van der Waals surface area contributed by atoms with E-state index in [9.17, 15) is 0 Å². The molecule has 1 atom stereocenters. The van der Waals surface area contributed by atoms with Crippen molar-refractivity contribution in [1.82, 2.24) is 5.32 Å². The number of nitrogens with one attached hydrogen (secondary N) is 1. The summed E-state index contributed by atoms with van der Waals surface area (Å²) in [5.41, 5.74) is 0.322. The minimum atomic E-state index is 0.238. The lowest BCUT2D eigenvalue weighted by molar-refractivity contribution is -0.0995. The second-order valence-electron chi connectivity index (χ2n) is 4.19. The largest absolute Gasteiger partial charge is 0.380 e. The van der Waals surface area contributed by atoms with Crippen molar-refractivity contribution in [3.63, 3.8) is 0 Å². The van der Waals surface area contributed by atoms with E-state index in [1.54, 1.807) is 0 Å². The molecule has 0 aliphatic carbocycles. The first-order valence-electron chi connectivity index (χ1n) is 4.97. The Balaban J connectivity index is 2.20. The maximum atomic E-state index is 5.40. The highest BCUT2D eigenvalue weighted by Gasteiger charge is 2.33. The van der Waals surface area contributed by atoms with E-state index in [1.165, 1.54) is 0 Å². The van der Waals surface area contributed by atoms with Gasteiger partial charge in [-0.05, 0) is 6.42 Å². The van der Waals surface area contributed by atoms with Gasteiger partial charge in [-0.3, -0.25) is 0 Å². The molecule has 74 valence electrons. The standard InChI is InChI=1S/C11H19NO/c1-4-6-10(5-2)12-7-11(3)8-13-9-11/h2,10,12H,4,6-9H2,1,3H3. The third kappa shape index (κ3) is 3.02. The lowest BCUT2D eigenvalue weighted by Gasteiger charge is -2.38. The molecule has 2 heteroatoms. The summed E-state index contributed by atoms with van der Waals surface area (Å²) in [5, 5.41) is 3.40. The number of terminal acetylenes is 1. The fraction of sp³-hybridized carbons (Fsp3) is 0.818. The van der Waals surface area contributed by atoms with E-state index in [2.05, 4.69) is 25.1 Å². The molecule has 13 heavy (non-hydrogen) atoms. The molecule has 0 bridgehead atoms. The normalized spacial score (nSPS) is 21.6. The summed E-state index contributed by atoms with van der Waals surface area (Å²) in [5.74, 6) is 2.77. The van der Waals surface area contributed by atoms with Crippen LogP contribution in [0.15, 0.2) is 0 Å². The van der Waals surface area contributed by atoms with Crippen molar-refractivity contribution >= 4 is 0 Å². The topological polar surface area (TPSA) is 21.3 Å². The van der Waals surface area contributed by atoms with Gasteiger partial charge in [-0.2, -0.15) is 0 Å². The van der Waals surface area contributed by atoms with Crippen LogP contribution in [0, 0.1) is 17.8 Å². The lowest BCUT2D eigenvalue weighted by Crippen LogP contribution is -2.49. The quantitative estimate of drug-likeness (QED) is 0.648. The summed E-state index contributed by atoms with van der Waals surface area (Å²) >= 11 is 0. The first-order chi connectivity index (χ1) is 6.20. The fourth-order valence-corrected chi connectivity index (χ4v) is 1.46. The van der Waals surface area contributed by atoms with E-state index >= 15 is 0 Å². The summed E-state index contributed by atoms with van der Waals surface area (Å²) in [4.78, 5) is 0. The highest BCUT2D eigenvalue weighted by Crippen LogP contribution is 2.25. The van der Waals surface area contributed by atoms with Crippen LogP contribution in [0.2, 0.25) is 0 Å². The molecule has 0 saturated carbocycles. The lowest BCUT2D eigenvalue weighted by atomic mass is 9.88. The van der Waals surface area contributed by atoms with Gasteiger partial charge < -0.3 is 10.1 Å². The van der Waals surface area contributed by atoms with Crippen LogP contribution < -0.4 is 5.32 Å². The van der Waals surface area contributed by atoms with E-state index in [1.807, 2.05) is 0 Å². The SMILES string of the molecule is C#CC(CCC)NCC1(C)COC1. The summed E-state index contributed by atoms with van der Waals surface area (Å²) in [6.07, 6.45) is 7.60. The van der Waals surface area contributed by atoms with Gasteiger partial charge in [0.2, 0.25) is 0 Å². The fourth-order valence-electron chi connectivity index (χ4n) is 1.46. The minimum Gasteiger partial charge on any atom is -0.380 e. The van der Waals surface area contributed by atoms with E-state index in [-0.39, 0.29) is 6.04 Å². The Morgan fingerprint density at radius 1 is 1.62 bits per heavy atom. The number of ether oxygens (including phenoxy) is 1. The second-order valence-corrected chi connectivity index (χ2v) is 4.19. The Hall–Kier alpha value is -0.520. The summed E-state index contributed by atoms with van der Waals surface area (Å²) < 4.78 is 5.17. The van der Waals surface area contributed by atoms with Crippen LogP contribution in [0.4, 0.5) is 0 Å². The number of hydrogen-bond donors (Lipinski definition) is 1. The monoisotopic (exact) mass is 181 g/mol. The minimum absolute atomic E-state index is 0.238. The first kappa shape index (κ1) is 10.6. The summed E-state index contributed by atoms with van der Waals surface area (Å²) in [6.45, 7) is 7.08. The molecule has 0 radical (unpaired) electrons. The molecule has 0 spiro atoms. The van der Waals surface area contributed by atoms with Crippen molar-refractivity contribution in [2.24, 2.45) is 5.41 Å². The van der Waals surface area contributed by atoms with Gasteiger partial charge in [-0.15, -0.1) is 6.42 Å². The van der Waals surface area contributed by atoms with Crippen LogP contribution >= 0.6 is 0 Å². The number of rotatable bonds is 5. The Morgan fingerprint density at radius 2 is 2.31 bits per heavy atom. The molecule has 0 aromatic carbocycles. The highest BCUT2D eigenvalue weighted by molar-refractivity contribution is 4.99. The Morgan fingerprint density at radius 3 is 2.69 bits per heavy atom. The van der Waals surface area contributed by atoms with E-state index in [0.717, 1.165) is 32.6 Å². The van der Waals surface area contributed by atoms with Gasteiger partial charge >= 0.3 is 0 Å². The number of hydrogen-bond acceptors (Lipinski definition) is 2. The molecule has 1 N–H and O–H groups in total. The molecular formula is C11H19NO. The van der Waals surface area contributed by atoms with Crippen molar-refractivity contribution < 1.29 is 4.74 Å². The maximum Gasteiger partial charge on any atom is 0.0687 e. The molecule has 1 heterocycles. The van der Waals surface area contributed by atoms with Crippen molar-refractivity contribution in [2.45, 2.75) is 32.7 Å². The van der Waals surface area contributed by atoms with Crippen molar-refractivity contribution in [1.29, 1.82) is 0 Å². The van der Waals surface area contributed by atoms with Crippen molar-refractivity contribution in [2.75, 3.05) is 19.8 Å². The molecule has 2 nitrogen and oxygen atoms in total. The molecule has 1 fully saturated rings. The zero-order valence-electron chi connectivity index (χ0n) is 8.60. The van der Waals surface area contributed by atoms with Crippen LogP contribution in [0.1, 0.15) is 26.7 Å². The highest BCUT2D eigenvalue weighted by atomic mass is 16.5. The van der Waals surface area contributed by atoms with Crippen LogP contribution in [0.5, 0.6) is 0 Å². The Bertz CT molecular complexity index is 191. The average Bonchev–Trinajstić information content (AvgIpc) is 2.09. The van der Waals surface area contributed by atoms with E-state index in [0.29, 0.717) is 5.41 Å². The summed E-state index contributed by atoms with van der Waals surface area (Å²) in [6, 6.07) is 0.238. The molecule has 1 rings (SSSR count). The predicted octanol–water partition coefficient (Wildman–Crippen LogP) is 1.41. The third-order valence-corrected chi connectivity index (χ3v) is 2.45. The molecule has 1 saturated heterocycles. The van der Waals surface area contributed by atoms with Crippen molar-refractivity contribution in [3.8, 4) is 12.3 Å². The summed E-state index contributed by atoms with van der Waals surface area (Å²) in [7, 11) is 0. The third-order valence-electron chi connectivity index (χ3n) is 2.45.